The number of nitrogens with one attached hydrogen (secondary N) is 1. The standard InChI is InChI=1S/C32H35N7O3S/c1-37-11-13-38(14-12-37)30-9-8-22(19-34-30)20-6-7-21-16-26(35-24(21)15-20)27(40)5-4-10-39-31(33)23-17-28(41-2)29(42-3)18-25(23)36-32(39)43/h6-9,15-19,35H,4-5,10-14,33H2,1-3H3. The summed E-state index contributed by atoms with van der Waals surface area (Å²) in [7, 11) is 5.29. The number of methoxy groups -OCH3 is 2. The number of carbonyl (C=O) groups excluding carboxylic acids is 1. The zero-order chi connectivity index (χ0) is 30.1. The van der Waals surface area contributed by atoms with Crippen LogP contribution in [0.5, 0.6) is 11.5 Å². The Bertz CT molecular complexity index is 1860. The molecule has 0 spiro atoms. The zero-order valence-electron chi connectivity index (χ0n) is 24.6. The lowest BCUT2D eigenvalue weighted by atomic mass is 10.1. The van der Waals surface area contributed by atoms with Gasteiger partial charge in [-0.05, 0) is 61.6 Å². The predicted octanol–water partition coefficient (Wildman–Crippen LogP) is 5.32. The monoisotopic (exact) mass is 597 g/mol. The first kappa shape index (κ1) is 28.6. The third-order valence-corrected chi connectivity index (χ3v) is 8.44. The summed E-state index contributed by atoms with van der Waals surface area (Å²) in [6, 6.07) is 15.8. The van der Waals surface area contributed by atoms with Crippen LogP contribution in [0.3, 0.4) is 0 Å². The number of nitrogens with two attached hydrogens (primary N) is 1. The van der Waals surface area contributed by atoms with Crippen LogP contribution in [0.2, 0.25) is 0 Å². The molecule has 3 aromatic heterocycles. The molecule has 222 valence electrons. The minimum atomic E-state index is 0.0289. The number of ketones is 1. The highest BCUT2D eigenvalue weighted by atomic mass is 32.1. The van der Waals surface area contributed by atoms with Crippen LogP contribution in [0.1, 0.15) is 23.3 Å². The van der Waals surface area contributed by atoms with Crippen molar-refractivity contribution in [1.29, 1.82) is 0 Å². The fourth-order valence-corrected chi connectivity index (χ4v) is 5.85. The minimum Gasteiger partial charge on any atom is -0.493 e. The molecule has 6 rings (SSSR count). The van der Waals surface area contributed by atoms with Crippen molar-refractivity contribution in [3.8, 4) is 22.6 Å². The number of nitrogen functional groups attached to an aromatic ring is 1. The molecule has 11 heteroatoms. The number of hydrogen-bond acceptors (Lipinski definition) is 9. The molecular formula is C32H35N7O3S. The van der Waals surface area contributed by atoms with Gasteiger partial charge < -0.3 is 34.6 Å². The van der Waals surface area contributed by atoms with E-state index >= 15 is 0 Å². The Morgan fingerprint density at radius 1 is 1.00 bits per heavy atom. The SMILES string of the molecule is COc1cc2nc(=S)n(CCCC(=O)c3cc4ccc(-c5ccc(N6CCN(C)CC6)nc5)cc4[nH]3)c(N)c2cc1OC. The molecule has 0 unspecified atom stereocenters. The molecule has 0 atom stereocenters. The second-order valence-corrected chi connectivity index (χ2v) is 11.2. The first-order valence-corrected chi connectivity index (χ1v) is 14.7. The number of nitrogens with zero attached hydrogens (tertiary/aromatic N) is 5. The van der Waals surface area contributed by atoms with Gasteiger partial charge in [0.2, 0.25) is 4.77 Å². The van der Waals surface area contributed by atoms with Gasteiger partial charge in [-0.3, -0.25) is 4.79 Å². The van der Waals surface area contributed by atoms with Crippen LogP contribution in [-0.2, 0) is 6.54 Å². The van der Waals surface area contributed by atoms with Crippen molar-refractivity contribution < 1.29 is 14.3 Å². The van der Waals surface area contributed by atoms with E-state index in [1.165, 1.54) is 0 Å². The average Bonchev–Trinajstić information content (AvgIpc) is 3.46. The number of pyridine rings is 1. The molecular weight excluding hydrogens is 562 g/mol. The van der Waals surface area contributed by atoms with E-state index in [1.54, 1.807) is 30.9 Å². The van der Waals surface area contributed by atoms with Crippen LogP contribution in [0.25, 0.3) is 32.9 Å². The number of rotatable bonds is 9. The minimum absolute atomic E-state index is 0.0289. The number of carbonyl (C=O) groups is 1. The molecule has 0 radical (unpaired) electrons. The molecule has 10 nitrogen and oxygen atoms in total. The van der Waals surface area contributed by atoms with Crippen LogP contribution in [0.15, 0.2) is 54.7 Å². The topological polar surface area (TPSA) is 115 Å². The van der Waals surface area contributed by atoms with Crippen molar-refractivity contribution in [3.63, 3.8) is 0 Å². The van der Waals surface area contributed by atoms with E-state index < -0.39 is 0 Å². The van der Waals surface area contributed by atoms with Crippen LogP contribution >= 0.6 is 12.2 Å². The number of aromatic nitrogens is 4. The molecule has 0 amide bonds. The highest BCUT2D eigenvalue weighted by Gasteiger charge is 2.17. The van der Waals surface area contributed by atoms with E-state index in [0.29, 0.717) is 58.1 Å². The van der Waals surface area contributed by atoms with Crippen LogP contribution < -0.4 is 20.1 Å². The Hall–Kier alpha value is -4.48. The lowest BCUT2D eigenvalue weighted by molar-refractivity contribution is 0.0974. The largest absolute Gasteiger partial charge is 0.493 e. The number of Topliss-reactive ketones (excluding diaryl/α,β-unsaturated/α-hetero) is 1. The number of aromatic amines is 1. The number of hydrogen-bond donors (Lipinski definition) is 2. The first-order chi connectivity index (χ1) is 20.8. The van der Waals surface area contributed by atoms with Gasteiger partial charge in [0.05, 0.1) is 25.4 Å². The fourth-order valence-electron chi connectivity index (χ4n) is 5.56. The number of benzene rings is 2. The number of fused-ring (bicyclic) bond motifs is 2. The summed E-state index contributed by atoms with van der Waals surface area (Å²) in [5.74, 6) is 2.63. The van der Waals surface area contributed by atoms with Crippen molar-refractivity contribution in [1.82, 2.24) is 24.4 Å². The Morgan fingerprint density at radius 3 is 2.47 bits per heavy atom. The molecule has 0 bridgehead atoms. The van der Waals surface area contributed by atoms with E-state index in [1.807, 2.05) is 18.3 Å². The lowest BCUT2D eigenvalue weighted by Crippen LogP contribution is -2.44. The van der Waals surface area contributed by atoms with Crippen LogP contribution in [0, 0.1) is 4.77 Å². The number of anilines is 2. The molecule has 1 aliphatic heterocycles. The molecule has 1 saturated heterocycles. The Morgan fingerprint density at radius 2 is 1.74 bits per heavy atom. The Balaban J connectivity index is 1.13. The summed E-state index contributed by atoms with van der Waals surface area (Å²) in [6.45, 7) is 4.52. The third-order valence-electron chi connectivity index (χ3n) is 8.13. The highest BCUT2D eigenvalue weighted by Crippen LogP contribution is 2.34. The van der Waals surface area contributed by atoms with Gasteiger partial charge in [-0.15, -0.1) is 0 Å². The van der Waals surface area contributed by atoms with Crippen LogP contribution in [0.4, 0.5) is 11.6 Å². The zero-order valence-corrected chi connectivity index (χ0v) is 25.4. The average molecular weight is 598 g/mol. The van der Waals surface area contributed by atoms with Gasteiger partial charge in [-0.2, -0.15) is 0 Å². The number of ether oxygens (including phenoxy) is 2. The maximum Gasteiger partial charge on any atom is 0.201 e. The number of piperazine rings is 1. The summed E-state index contributed by atoms with van der Waals surface area (Å²) >= 11 is 5.52. The Kier molecular flexibility index (Phi) is 8.00. The molecule has 4 heterocycles. The molecule has 5 aromatic rings. The van der Waals surface area contributed by atoms with Gasteiger partial charge in [0.25, 0.3) is 0 Å². The van der Waals surface area contributed by atoms with Gasteiger partial charge in [-0.1, -0.05) is 12.1 Å². The van der Waals surface area contributed by atoms with Gasteiger partial charge in [0.1, 0.15) is 11.6 Å². The molecule has 3 N–H and O–H groups in total. The first-order valence-electron chi connectivity index (χ1n) is 14.3. The lowest BCUT2D eigenvalue weighted by Gasteiger charge is -2.33. The van der Waals surface area contributed by atoms with Gasteiger partial charge >= 0.3 is 0 Å². The molecule has 43 heavy (non-hydrogen) atoms. The van der Waals surface area contributed by atoms with Crippen molar-refractivity contribution in [2.45, 2.75) is 19.4 Å². The van der Waals surface area contributed by atoms with Crippen molar-refractivity contribution in [2.24, 2.45) is 0 Å². The van der Waals surface area contributed by atoms with Crippen LogP contribution in [-0.4, -0.2) is 77.6 Å². The van der Waals surface area contributed by atoms with E-state index in [9.17, 15) is 4.79 Å². The Labute approximate surface area is 255 Å². The molecule has 1 fully saturated rings. The fraction of sp³-hybridized carbons (Fsp3) is 0.312. The third kappa shape index (κ3) is 5.78. The van der Waals surface area contributed by atoms with Gasteiger partial charge in [-0.25, -0.2) is 9.97 Å². The molecule has 0 aliphatic carbocycles. The summed E-state index contributed by atoms with van der Waals surface area (Å²) in [6.07, 6.45) is 2.82. The molecule has 0 saturated carbocycles. The predicted molar refractivity (Wildman–Crippen MR) is 173 cm³/mol. The smallest absolute Gasteiger partial charge is 0.201 e. The van der Waals surface area contributed by atoms with E-state index in [4.69, 9.17) is 32.4 Å². The van der Waals surface area contributed by atoms with Crippen molar-refractivity contribution in [3.05, 3.63) is 65.2 Å². The molecule has 2 aromatic carbocycles. The number of H-pyrrole nitrogens is 1. The van der Waals surface area contributed by atoms with E-state index in [2.05, 4.69) is 51.1 Å². The van der Waals surface area contributed by atoms with E-state index in [0.717, 1.165) is 54.0 Å². The molecule has 1 aliphatic rings. The second kappa shape index (κ2) is 12.0. The number of likely N-dealkylation sites (N-methyl/N-ethyl adjacent to an activating group) is 1. The van der Waals surface area contributed by atoms with E-state index in [-0.39, 0.29) is 5.78 Å². The van der Waals surface area contributed by atoms with Crippen molar-refractivity contribution >= 4 is 51.4 Å². The maximum absolute atomic E-state index is 13.1. The quantitative estimate of drug-likeness (QED) is 0.172. The van der Waals surface area contributed by atoms with Crippen molar-refractivity contribution in [2.75, 3.05) is 58.1 Å². The summed E-state index contributed by atoms with van der Waals surface area (Å²) in [5.41, 5.74) is 10.7. The summed E-state index contributed by atoms with van der Waals surface area (Å²) in [4.78, 5) is 30.4. The maximum atomic E-state index is 13.1. The van der Waals surface area contributed by atoms with Gasteiger partial charge in [0, 0.05) is 73.3 Å². The summed E-state index contributed by atoms with van der Waals surface area (Å²) in [5, 5.41) is 1.71. The summed E-state index contributed by atoms with van der Waals surface area (Å²) < 4.78 is 12.9. The normalized spacial score (nSPS) is 14.0. The highest BCUT2D eigenvalue weighted by molar-refractivity contribution is 7.71. The van der Waals surface area contributed by atoms with Gasteiger partial charge in [0.15, 0.2) is 17.3 Å². The second-order valence-electron chi connectivity index (χ2n) is 10.9.